The number of ether oxygens (including phenoxy) is 1. The largest absolute Gasteiger partial charge is 0.464 e. The van der Waals surface area contributed by atoms with Crippen molar-refractivity contribution in [1.82, 2.24) is 15.2 Å². The molecular formula is C17H21ClFN3O2. The number of carbonyl (C=O) groups is 1. The van der Waals surface area contributed by atoms with Crippen LogP contribution in [-0.2, 0) is 11.3 Å². The highest BCUT2D eigenvalue weighted by Crippen LogP contribution is 2.24. The molecule has 2 heterocycles. The highest BCUT2D eigenvalue weighted by atomic mass is 35.5. The van der Waals surface area contributed by atoms with Gasteiger partial charge in [0.1, 0.15) is 11.5 Å². The van der Waals surface area contributed by atoms with E-state index in [9.17, 15) is 9.18 Å². The van der Waals surface area contributed by atoms with Gasteiger partial charge in [0, 0.05) is 37.9 Å². The number of H-pyrrole nitrogens is 1. The van der Waals surface area contributed by atoms with Gasteiger partial charge in [-0.05, 0) is 29.8 Å². The number of carbonyl (C=O) groups excluding carboxylic acids is 1. The molecule has 0 spiro atoms. The van der Waals surface area contributed by atoms with Gasteiger partial charge in [-0.1, -0.05) is 12.1 Å². The molecule has 0 radical (unpaired) electrons. The van der Waals surface area contributed by atoms with E-state index in [1.165, 1.54) is 13.2 Å². The normalized spacial score (nSPS) is 18.0. The fourth-order valence-corrected chi connectivity index (χ4v) is 2.96. The standard InChI is InChI=1S/C17H20FN3O2.ClH/c1-23-17(22)15-6-5-14(20-15)11-21-8-7-19-10-16(21)12-3-2-4-13(18)9-12;/h2-6,9,16,19-20H,7-8,10-11H2,1H3;1H. The van der Waals surface area contributed by atoms with Gasteiger partial charge in [0.2, 0.25) is 0 Å². The second kappa shape index (κ2) is 8.28. The molecule has 1 unspecified atom stereocenters. The van der Waals surface area contributed by atoms with Crippen LogP contribution in [-0.4, -0.2) is 42.6 Å². The summed E-state index contributed by atoms with van der Waals surface area (Å²) in [5, 5.41) is 3.35. The molecule has 0 amide bonds. The molecule has 2 aromatic rings. The summed E-state index contributed by atoms with van der Waals surface area (Å²) in [6.07, 6.45) is 0. The van der Waals surface area contributed by atoms with Crippen molar-refractivity contribution in [2.24, 2.45) is 0 Å². The van der Waals surface area contributed by atoms with Crippen molar-refractivity contribution in [3.05, 3.63) is 59.2 Å². The van der Waals surface area contributed by atoms with Crippen LogP contribution in [0.1, 0.15) is 27.8 Å². The van der Waals surface area contributed by atoms with Gasteiger partial charge >= 0.3 is 5.97 Å². The van der Waals surface area contributed by atoms with E-state index in [1.807, 2.05) is 12.1 Å². The minimum absolute atomic E-state index is 0. The maximum atomic E-state index is 13.5. The minimum Gasteiger partial charge on any atom is -0.464 e. The molecule has 0 saturated carbocycles. The van der Waals surface area contributed by atoms with Crippen LogP contribution in [0, 0.1) is 5.82 Å². The second-order valence-corrected chi connectivity index (χ2v) is 5.63. The molecule has 130 valence electrons. The molecule has 1 aliphatic heterocycles. The molecule has 24 heavy (non-hydrogen) atoms. The Balaban J connectivity index is 0.00000208. The summed E-state index contributed by atoms with van der Waals surface area (Å²) in [6.45, 7) is 3.18. The Hall–Kier alpha value is -1.89. The Kier molecular flexibility index (Phi) is 6.36. The first-order valence-corrected chi connectivity index (χ1v) is 7.64. The van der Waals surface area contributed by atoms with Gasteiger partial charge in [-0.25, -0.2) is 9.18 Å². The molecule has 1 aromatic heterocycles. The number of nitrogens with one attached hydrogen (secondary N) is 2. The highest BCUT2D eigenvalue weighted by Gasteiger charge is 2.24. The van der Waals surface area contributed by atoms with Crippen LogP contribution in [0.5, 0.6) is 0 Å². The minimum atomic E-state index is -0.377. The highest BCUT2D eigenvalue weighted by molar-refractivity contribution is 5.87. The van der Waals surface area contributed by atoms with Crippen LogP contribution in [0.4, 0.5) is 4.39 Å². The lowest BCUT2D eigenvalue weighted by molar-refractivity contribution is 0.0594. The van der Waals surface area contributed by atoms with E-state index in [0.29, 0.717) is 12.2 Å². The van der Waals surface area contributed by atoms with Crippen molar-refractivity contribution in [3.8, 4) is 0 Å². The third-order valence-corrected chi connectivity index (χ3v) is 4.11. The van der Waals surface area contributed by atoms with Gasteiger partial charge in [0.05, 0.1) is 7.11 Å². The number of halogens is 2. The summed E-state index contributed by atoms with van der Waals surface area (Å²) < 4.78 is 18.2. The number of piperazine rings is 1. The third-order valence-electron chi connectivity index (χ3n) is 4.11. The van der Waals surface area contributed by atoms with E-state index >= 15 is 0 Å². The quantitative estimate of drug-likeness (QED) is 0.829. The molecule has 5 nitrogen and oxygen atoms in total. The summed E-state index contributed by atoms with van der Waals surface area (Å²) in [4.78, 5) is 16.9. The van der Waals surface area contributed by atoms with Crippen LogP contribution in [0.2, 0.25) is 0 Å². The van der Waals surface area contributed by atoms with Crippen LogP contribution >= 0.6 is 12.4 Å². The van der Waals surface area contributed by atoms with Crippen molar-refractivity contribution in [3.63, 3.8) is 0 Å². The number of methoxy groups -OCH3 is 1. The van der Waals surface area contributed by atoms with Gasteiger partial charge in [0.15, 0.2) is 0 Å². The van der Waals surface area contributed by atoms with Crippen LogP contribution in [0.25, 0.3) is 0 Å². The molecule has 1 atom stereocenters. The lowest BCUT2D eigenvalue weighted by Crippen LogP contribution is -2.45. The molecule has 2 N–H and O–H groups in total. The third kappa shape index (κ3) is 4.14. The van der Waals surface area contributed by atoms with Crippen molar-refractivity contribution in [1.29, 1.82) is 0 Å². The number of esters is 1. The maximum absolute atomic E-state index is 13.5. The summed E-state index contributed by atoms with van der Waals surface area (Å²) in [6, 6.07) is 10.4. The van der Waals surface area contributed by atoms with Crippen LogP contribution in [0.3, 0.4) is 0 Å². The van der Waals surface area contributed by atoms with Crippen molar-refractivity contribution in [2.75, 3.05) is 26.7 Å². The van der Waals surface area contributed by atoms with Crippen LogP contribution in [0.15, 0.2) is 36.4 Å². The average Bonchev–Trinajstić information content (AvgIpc) is 3.03. The van der Waals surface area contributed by atoms with E-state index in [1.54, 1.807) is 18.2 Å². The lowest BCUT2D eigenvalue weighted by atomic mass is 10.0. The predicted molar refractivity (Wildman–Crippen MR) is 91.8 cm³/mol. The number of aromatic amines is 1. The molecule has 1 aromatic carbocycles. The Morgan fingerprint density at radius 1 is 1.38 bits per heavy atom. The summed E-state index contributed by atoms with van der Waals surface area (Å²) in [7, 11) is 1.36. The monoisotopic (exact) mass is 353 g/mol. The Morgan fingerprint density at radius 2 is 2.21 bits per heavy atom. The van der Waals surface area contributed by atoms with Crippen molar-refractivity contribution < 1.29 is 13.9 Å². The molecule has 3 rings (SSSR count). The van der Waals surface area contributed by atoms with E-state index < -0.39 is 0 Å². The Bertz CT molecular complexity index is 692. The molecule has 1 fully saturated rings. The number of benzene rings is 1. The molecule has 0 aliphatic carbocycles. The van der Waals surface area contributed by atoms with E-state index in [2.05, 4.69) is 15.2 Å². The molecule has 0 bridgehead atoms. The number of hydrogen-bond donors (Lipinski definition) is 2. The SMILES string of the molecule is COC(=O)c1ccc(CN2CCNCC2c2cccc(F)c2)[nH]1.Cl. The van der Waals surface area contributed by atoms with Gasteiger partial charge < -0.3 is 15.0 Å². The first-order chi connectivity index (χ1) is 11.2. The summed E-state index contributed by atoms with van der Waals surface area (Å²) in [5.41, 5.74) is 2.34. The van der Waals surface area contributed by atoms with Crippen molar-refractivity contribution >= 4 is 18.4 Å². The zero-order valence-electron chi connectivity index (χ0n) is 13.4. The maximum Gasteiger partial charge on any atom is 0.354 e. The zero-order chi connectivity index (χ0) is 16.2. The second-order valence-electron chi connectivity index (χ2n) is 5.63. The Labute approximate surface area is 146 Å². The van der Waals surface area contributed by atoms with Gasteiger partial charge in [-0.15, -0.1) is 12.4 Å². The summed E-state index contributed by atoms with van der Waals surface area (Å²) in [5.74, 6) is -0.598. The van der Waals surface area contributed by atoms with E-state index in [0.717, 1.165) is 30.9 Å². The number of nitrogens with zero attached hydrogens (tertiary/aromatic N) is 1. The smallest absolute Gasteiger partial charge is 0.354 e. The van der Waals surface area contributed by atoms with E-state index in [-0.39, 0.29) is 30.2 Å². The lowest BCUT2D eigenvalue weighted by Gasteiger charge is -2.36. The number of hydrogen-bond acceptors (Lipinski definition) is 4. The molecule has 1 saturated heterocycles. The zero-order valence-corrected chi connectivity index (χ0v) is 14.2. The fourth-order valence-electron chi connectivity index (χ4n) is 2.96. The van der Waals surface area contributed by atoms with Gasteiger partial charge in [-0.2, -0.15) is 0 Å². The van der Waals surface area contributed by atoms with Gasteiger partial charge in [0.25, 0.3) is 0 Å². The molecule has 7 heteroatoms. The molecular weight excluding hydrogens is 333 g/mol. The average molecular weight is 354 g/mol. The fraction of sp³-hybridized carbons (Fsp3) is 0.353. The topological polar surface area (TPSA) is 57.4 Å². The summed E-state index contributed by atoms with van der Waals surface area (Å²) >= 11 is 0. The van der Waals surface area contributed by atoms with Crippen molar-refractivity contribution in [2.45, 2.75) is 12.6 Å². The number of rotatable bonds is 4. The first-order valence-electron chi connectivity index (χ1n) is 7.64. The van der Waals surface area contributed by atoms with E-state index in [4.69, 9.17) is 4.74 Å². The predicted octanol–water partition coefficient (Wildman–Crippen LogP) is 2.51. The van der Waals surface area contributed by atoms with Gasteiger partial charge in [-0.3, -0.25) is 4.90 Å². The molecule has 1 aliphatic rings. The van der Waals surface area contributed by atoms with Crippen LogP contribution < -0.4 is 5.32 Å². The first kappa shape index (κ1) is 18.4. The Morgan fingerprint density at radius 3 is 2.96 bits per heavy atom. The number of aromatic nitrogens is 1.